The molecule has 2 heterocycles. The predicted molar refractivity (Wildman–Crippen MR) is 125 cm³/mol. The van der Waals surface area contributed by atoms with Crippen molar-refractivity contribution in [2.24, 2.45) is 0 Å². The Bertz CT molecular complexity index is 1370. The van der Waals surface area contributed by atoms with Crippen LogP contribution in [0.1, 0.15) is 27.9 Å². The number of benzene rings is 2. The smallest absolute Gasteiger partial charge is 0.265 e. The molecule has 0 unspecified atom stereocenters. The number of hydrogen-bond acceptors (Lipinski definition) is 5. The molecule has 0 aliphatic rings. The maximum atomic E-state index is 12.8. The molecule has 6 nitrogen and oxygen atoms in total. The third kappa shape index (κ3) is 4.37. The summed E-state index contributed by atoms with van der Waals surface area (Å²) in [7, 11) is -3.27. The summed E-state index contributed by atoms with van der Waals surface area (Å²) in [5.41, 5.74) is 2.33. The number of carbonyl (C=O) groups excluding carboxylic acids is 1. The van der Waals surface area contributed by atoms with E-state index in [1.165, 1.54) is 23.5 Å². The Morgan fingerprint density at radius 3 is 2.55 bits per heavy atom. The van der Waals surface area contributed by atoms with Crippen LogP contribution in [0.25, 0.3) is 10.2 Å². The normalized spacial score (nSPS) is 11.7. The molecule has 0 aliphatic carbocycles. The van der Waals surface area contributed by atoms with E-state index in [9.17, 15) is 13.2 Å². The van der Waals surface area contributed by atoms with Gasteiger partial charge in [-0.15, -0.1) is 11.3 Å². The summed E-state index contributed by atoms with van der Waals surface area (Å²) < 4.78 is 25.7. The highest BCUT2D eigenvalue weighted by molar-refractivity contribution is 7.91. The molecular formula is C22H20ClN3O3S2. The summed E-state index contributed by atoms with van der Waals surface area (Å²) in [6.45, 7) is 4.02. The van der Waals surface area contributed by atoms with Crippen molar-refractivity contribution in [2.75, 3.05) is 11.1 Å². The topological polar surface area (TPSA) is 81.1 Å². The van der Waals surface area contributed by atoms with E-state index in [2.05, 4.69) is 10.4 Å². The van der Waals surface area contributed by atoms with Crippen molar-refractivity contribution in [1.29, 1.82) is 0 Å². The van der Waals surface area contributed by atoms with E-state index in [0.717, 1.165) is 21.5 Å². The molecule has 2 aromatic heterocycles. The summed E-state index contributed by atoms with van der Waals surface area (Å²) in [4.78, 5) is 14.5. The molecule has 0 fully saturated rings. The molecular weight excluding hydrogens is 454 g/mol. The van der Waals surface area contributed by atoms with Crippen molar-refractivity contribution >= 4 is 54.6 Å². The van der Waals surface area contributed by atoms with E-state index in [1.807, 2.05) is 41.9 Å². The highest BCUT2D eigenvalue weighted by Gasteiger charge is 2.18. The zero-order chi connectivity index (χ0) is 22.2. The number of hydrogen-bond donors (Lipinski definition) is 1. The van der Waals surface area contributed by atoms with Crippen molar-refractivity contribution < 1.29 is 13.2 Å². The molecule has 0 saturated heterocycles. The highest BCUT2D eigenvalue weighted by atomic mass is 35.5. The molecule has 0 radical (unpaired) electrons. The fraction of sp³-hybridized carbons (Fsp3) is 0.182. The van der Waals surface area contributed by atoms with Crippen LogP contribution in [0.5, 0.6) is 0 Å². The first-order valence-corrected chi connectivity index (χ1v) is 12.5. The average molecular weight is 474 g/mol. The number of nitrogens with one attached hydrogen (secondary N) is 1. The number of anilines is 1. The van der Waals surface area contributed by atoms with Crippen molar-refractivity contribution in [3.63, 3.8) is 0 Å². The van der Waals surface area contributed by atoms with Crippen molar-refractivity contribution in [3.05, 3.63) is 75.8 Å². The third-order valence-electron chi connectivity index (χ3n) is 4.96. The van der Waals surface area contributed by atoms with E-state index in [-0.39, 0.29) is 16.6 Å². The van der Waals surface area contributed by atoms with Gasteiger partial charge in [-0.1, -0.05) is 36.7 Å². The van der Waals surface area contributed by atoms with Gasteiger partial charge in [0, 0.05) is 16.1 Å². The maximum absolute atomic E-state index is 12.8. The van der Waals surface area contributed by atoms with E-state index >= 15 is 0 Å². The molecule has 31 heavy (non-hydrogen) atoms. The lowest BCUT2D eigenvalue weighted by Gasteiger charge is -2.06. The van der Waals surface area contributed by atoms with Crippen molar-refractivity contribution in [2.45, 2.75) is 25.3 Å². The minimum Gasteiger partial charge on any atom is -0.321 e. The monoisotopic (exact) mass is 473 g/mol. The highest BCUT2D eigenvalue weighted by Crippen LogP contribution is 2.30. The van der Waals surface area contributed by atoms with Gasteiger partial charge in [0.15, 0.2) is 9.84 Å². The van der Waals surface area contributed by atoms with Gasteiger partial charge in [-0.2, -0.15) is 5.10 Å². The first-order chi connectivity index (χ1) is 14.8. The second-order valence-electron chi connectivity index (χ2n) is 7.05. The lowest BCUT2D eigenvalue weighted by molar-refractivity contribution is 0.103. The number of sulfone groups is 1. The molecule has 160 valence electrons. The van der Waals surface area contributed by atoms with Gasteiger partial charge in [-0.3, -0.25) is 9.48 Å². The molecule has 0 spiro atoms. The average Bonchev–Trinajstić information content (AvgIpc) is 3.31. The second-order valence-corrected chi connectivity index (χ2v) is 10.8. The van der Waals surface area contributed by atoms with Crippen LogP contribution in [0.15, 0.2) is 59.5 Å². The number of amides is 1. The number of rotatable bonds is 6. The van der Waals surface area contributed by atoms with Crippen LogP contribution >= 0.6 is 22.9 Å². The minimum absolute atomic E-state index is 0.0328. The fourth-order valence-electron chi connectivity index (χ4n) is 3.22. The minimum atomic E-state index is -3.27. The Kier molecular flexibility index (Phi) is 5.88. The summed E-state index contributed by atoms with van der Waals surface area (Å²) in [5, 5.41) is 9.02. The lowest BCUT2D eigenvalue weighted by Crippen LogP contribution is -2.10. The first-order valence-electron chi connectivity index (χ1n) is 9.63. The van der Waals surface area contributed by atoms with E-state index in [4.69, 9.17) is 11.6 Å². The van der Waals surface area contributed by atoms with Crippen LogP contribution in [0.4, 0.5) is 5.69 Å². The van der Waals surface area contributed by atoms with E-state index < -0.39 is 9.84 Å². The Morgan fingerprint density at radius 2 is 1.87 bits per heavy atom. The van der Waals surface area contributed by atoms with E-state index in [0.29, 0.717) is 22.1 Å². The van der Waals surface area contributed by atoms with Gasteiger partial charge in [0.1, 0.15) is 4.83 Å². The van der Waals surface area contributed by atoms with Gasteiger partial charge in [-0.05, 0) is 48.9 Å². The van der Waals surface area contributed by atoms with Gasteiger partial charge in [0.25, 0.3) is 5.91 Å². The van der Waals surface area contributed by atoms with E-state index in [1.54, 1.807) is 19.1 Å². The van der Waals surface area contributed by atoms with Gasteiger partial charge < -0.3 is 5.32 Å². The summed E-state index contributed by atoms with van der Waals surface area (Å²) in [6, 6.07) is 15.6. The van der Waals surface area contributed by atoms with Crippen LogP contribution in [0.2, 0.25) is 5.02 Å². The summed E-state index contributed by atoms with van der Waals surface area (Å²) in [6.07, 6.45) is 0. The largest absolute Gasteiger partial charge is 0.321 e. The lowest BCUT2D eigenvalue weighted by atomic mass is 10.2. The van der Waals surface area contributed by atoms with Gasteiger partial charge in [0.05, 0.1) is 27.8 Å². The molecule has 4 aromatic rings. The van der Waals surface area contributed by atoms with Gasteiger partial charge in [0.2, 0.25) is 0 Å². The van der Waals surface area contributed by atoms with Crippen LogP contribution < -0.4 is 5.32 Å². The Hall–Kier alpha value is -2.68. The van der Waals surface area contributed by atoms with Crippen LogP contribution in [0.3, 0.4) is 0 Å². The van der Waals surface area contributed by atoms with Crippen molar-refractivity contribution in [1.82, 2.24) is 9.78 Å². The number of aromatic nitrogens is 2. The molecule has 9 heteroatoms. The molecule has 0 bridgehead atoms. The Labute approximate surface area is 189 Å². The quantitative estimate of drug-likeness (QED) is 0.419. The van der Waals surface area contributed by atoms with Gasteiger partial charge >= 0.3 is 0 Å². The number of aryl methyl sites for hydroxylation is 1. The zero-order valence-electron chi connectivity index (χ0n) is 16.9. The number of carbonyl (C=O) groups is 1. The fourth-order valence-corrected chi connectivity index (χ4v) is 5.36. The molecule has 4 rings (SSSR count). The molecule has 1 amide bonds. The SMILES string of the molecule is CCS(=O)(=O)c1ccc(NC(=O)c2cc3c(C)nn(Cc4ccccc4Cl)c3s2)cc1. The number of thiophene rings is 1. The summed E-state index contributed by atoms with van der Waals surface area (Å²) in [5.74, 6) is -0.221. The third-order valence-corrected chi connectivity index (χ3v) is 8.23. The number of fused-ring (bicyclic) bond motifs is 1. The molecule has 0 aliphatic heterocycles. The predicted octanol–water partition coefficient (Wildman–Crippen LogP) is 5.15. The maximum Gasteiger partial charge on any atom is 0.265 e. The van der Waals surface area contributed by atoms with Crippen LogP contribution in [0, 0.1) is 6.92 Å². The molecule has 1 N–H and O–H groups in total. The summed E-state index contributed by atoms with van der Waals surface area (Å²) >= 11 is 7.64. The Morgan fingerprint density at radius 1 is 1.16 bits per heavy atom. The van der Waals surface area contributed by atoms with Crippen molar-refractivity contribution in [3.8, 4) is 0 Å². The van der Waals surface area contributed by atoms with Gasteiger partial charge in [-0.25, -0.2) is 8.42 Å². The molecule has 0 saturated carbocycles. The Balaban J connectivity index is 1.57. The first kappa shape index (κ1) is 21.5. The standard InChI is InChI=1S/C22H20ClN3O3S2/c1-3-31(28,29)17-10-8-16(9-11-17)24-21(27)20-12-18-14(2)25-26(22(18)30-20)13-15-6-4-5-7-19(15)23/h4-12H,3,13H2,1-2H3,(H,24,27). The number of halogens is 1. The second kappa shape index (κ2) is 8.45. The molecule has 0 atom stereocenters. The number of nitrogens with zero attached hydrogens (tertiary/aromatic N) is 2. The van der Waals surface area contributed by atoms with Crippen LogP contribution in [-0.4, -0.2) is 29.9 Å². The molecule has 2 aromatic carbocycles. The van der Waals surface area contributed by atoms with Crippen LogP contribution in [-0.2, 0) is 16.4 Å². The zero-order valence-corrected chi connectivity index (χ0v) is 19.3.